The van der Waals surface area contributed by atoms with Crippen molar-refractivity contribution in [1.29, 1.82) is 0 Å². The van der Waals surface area contributed by atoms with E-state index in [1.54, 1.807) is 12.7 Å². The van der Waals surface area contributed by atoms with Gasteiger partial charge >= 0.3 is 0 Å². The molecule has 4 rings (SSSR count). The van der Waals surface area contributed by atoms with Gasteiger partial charge in [0, 0.05) is 17.4 Å². The van der Waals surface area contributed by atoms with Crippen molar-refractivity contribution in [3.05, 3.63) is 41.5 Å². The van der Waals surface area contributed by atoms with E-state index in [9.17, 15) is 0 Å². The fraction of sp³-hybridized carbons (Fsp3) is 0.529. The summed E-state index contributed by atoms with van der Waals surface area (Å²) in [5.74, 6) is 1.69. The molecule has 0 saturated carbocycles. The Balaban J connectivity index is 1.91. The summed E-state index contributed by atoms with van der Waals surface area (Å²) in [5, 5.41) is 3.73. The summed E-state index contributed by atoms with van der Waals surface area (Å²) in [4.78, 5) is 0. The maximum Gasteiger partial charge on any atom is 0.119 e. The zero-order valence-corrected chi connectivity index (χ0v) is 11.5. The summed E-state index contributed by atoms with van der Waals surface area (Å²) in [6.45, 7) is 1.16. The van der Waals surface area contributed by atoms with E-state index >= 15 is 0 Å². The van der Waals surface area contributed by atoms with Crippen molar-refractivity contribution in [2.45, 2.75) is 37.1 Å². The molecule has 0 aromatic heterocycles. The molecule has 0 amide bonds. The average molecular weight is 255 g/mol. The molecule has 2 heteroatoms. The van der Waals surface area contributed by atoms with Crippen LogP contribution < -0.4 is 10.1 Å². The predicted molar refractivity (Wildman–Crippen MR) is 76.6 cm³/mol. The summed E-state index contributed by atoms with van der Waals surface area (Å²) >= 11 is 0. The Bertz CT molecular complexity index is 536. The van der Waals surface area contributed by atoms with Crippen molar-refractivity contribution in [2.24, 2.45) is 5.92 Å². The van der Waals surface area contributed by atoms with Crippen LogP contribution in [0, 0.1) is 5.92 Å². The first-order valence-corrected chi connectivity index (χ1v) is 7.41. The van der Waals surface area contributed by atoms with Gasteiger partial charge in [0.2, 0.25) is 0 Å². The standard InChI is InChI=1S/C17H21NO/c1-19-13-6-5-12-10-16-14-4-2-3-7-17(14,8-9-18-16)15(12)11-13/h2,4-6,11,14,16,18H,3,7-10H2,1H3/t14-,16-,17+/m0/s1. The van der Waals surface area contributed by atoms with Gasteiger partial charge in [-0.15, -0.1) is 0 Å². The van der Waals surface area contributed by atoms with Gasteiger partial charge in [0.05, 0.1) is 7.11 Å². The second kappa shape index (κ2) is 4.11. The van der Waals surface area contributed by atoms with E-state index in [2.05, 4.69) is 35.7 Å². The van der Waals surface area contributed by atoms with Crippen LogP contribution in [0.15, 0.2) is 30.4 Å². The second-order valence-electron chi connectivity index (χ2n) is 6.19. The minimum Gasteiger partial charge on any atom is -0.497 e. The molecule has 0 spiro atoms. The van der Waals surface area contributed by atoms with Crippen molar-refractivity contribution in [2.75, 3.05) is 13.7 Å². The number of hydrogen-bond acceptors (Lipinski definition) is 2. The van der Waals surface area contributed by atoms with Crippen LogP contribution in [0.1, 0.15) is 30.4 Å². The minimum atomic E-state index is 0.368. The third kappa shape index (κ3) is 1.53. The lowest BCUT2D eigenvalue weighted by Crippen LogP contribution is -2.58. The van der Waals surface area contributed by atoms with Crippen LogP contribution in [0.3, 0.4) is 0 Å². The average Bonchev–Trinajstić information content (AvgIpc) is 2.47. The summed E-state index contributed by atoms with van der Waals surface area (Å²) in [5.41, 5.74) is 3.47. The van der Waals surface area contributed by atoms with Gasteiger partial charge in [-0.25, -0.2) is 0 Å². The molecule has 1 aromatic rings. The Hall–Kier alpha value is -1.28. The van der Waals surface area contributed by atoms with Crippen molar-refractivity contribution >= 4 is 0 Å². The topological polar surface area (TPSA) is 21.3 Å². The van der Waals surface area contributed by atoms with Crippen LogP contribution in [-0.4, -0.2) is 19.7 Å². The number of fused-ring (bicyclic) bond motifs is 1. The molecule has 19 heavy (non-hydrogen) atoms. The number of allylic oxidation sites excluding steroid dienone is 1. The number of ether oxygens (including phenoxy) is 1. The summed E-state index contributed by atoms with van der Waals surface area (Å²) in [7, 11) is 1.77. The number of hydrogen-bond donors (Lipinski definition) is 1. The van der Waals surface area contributed by atoms with Crippen LogP contribution in [0.2, 0.25) is 0 Å². The molecule has 1 aliphatic heterocycles. The molecular formula is C17H21NO. The molecule has 2 aliphatic carbocycles. The van der Waals surface area contributed by atoms with Gasteiger partial charge in [0.1, 0.15) is 5.75 Å². The monoisotopic (exact) mass is 255 g/mol. The maximum absolute atomic E-state index is 5.46. The maximum atomic E-state index is 5.46. The van der Waals surface area contributed by atoms with Gasteiger partial charge in [-0.3, -0.25) is 0 Å². The number of piperidine rings is 1. The number of benzene rings is 1. The van der Waals surface area contributed by atoms with Crippen LogP contribution in [0.25, 0.3) is 0 Å². The first-order valence-electron chi connectivity index (χ1n) is 7.41. The van der Waals surface area contributed by atoms with Gasteiger partial charge in [-0.2, -0.15) is 0 Å². The van der Waals surface area contributed by atoms with Crippen LogP contribution in [0.4, 0.5) is 0 Å². The third-order valence-corrected chi connectivity index (χ3v) is 5.44. The summed E-state index contributed by atoms with van der Waals surface area (Å²) < 4.78 is 5.46. The highest BCUT2D eigenvalue weighted by atomic mass is 16.5. The molecule has 1 aromatic carbocycles. The van der Waals surface area contributed by atoms with Crippen molar-refractivity contribution < 1.29 is 4.74 Å². The minimum absolute atomic E-state index is 0.368. The van der Waals surface area contributed by atoms with Gasteiger partial charge in [0.25, 0.3) is 0 Å². The van der Waals surface area contributed by atoms with E-state index < -0.39 is 0 Å². The van der Waals surface area contributed by atoms with Crippen molar-refractivity contribution in [3.8, 4) is 5.75 Å². The van der Waals surface area contributed by atoms with Gasteiger partial charge < -0.3 is 10.1 Å². The molecular weight excluding hydrogens is 234 g/mol. The first kappa shape index (κ1) is 11.5. The lowest BCUT2D eigenvalue weighted by Gasteiger charge is -2.54. The molecule has 3 atom stereocenters. The van der Waals surface area contributed by atoms with Crippen molar-refractivity contribution in [3.63, 3.8) is 0 Å². The summed E-state index contributed by atoms with van der Waals surface area (Å²) in [6, 6.07) is 7.34. The van der Waals surface area contributed by atoms with E-state index in [0.29, 0.717) is 17.4 Å². The zero-order chi connectivity index (χ0) is 12.9. The van der Waals surface area contributed by atoms with Crippen LogP contribution in [-0.2, 0) is 11.8 Å². The lowest BCUT2D eigenvalue weighted by atomic mass is 9.54. The number of nitrogens with one attached hydrogen (secondary N) is 1. The smallest absolute Gasteiger partial charge is 0.119 e. The van der Waals surface area contributed by atoms with Gasteiger partial charge in [-0.05, 0) is 55.5 Å². The molecule has 3 aliphatic rings. The molecule has 1 fully saturated rings. The zero-order valence-electron chi connectivity index (χ0n) is 11.5. The third-order valence-electron chi connectivity index (χ3n) is 5.44. The Morgan fingerprint density at radius 2 is 2.26 bits per heavy atom. The molecule has 1 heterocycles. The van der Waals surface area contributed by atoms with E-state index in [-0.39, 0.29) is 0 Å². The van der Waals surface area contributed by atoms with E-state index in [1.807, 2.05) is 0 Å². The van der Waals surface area contributed by atoms with Crippen LogP contribution >= 0.6 is 0 Å². The molecule has 2 nitrogen and oxygen atoms in total. The van der Waals surface area contributed by atoms with Crippen LogP contribution in [0.5, 0.6) is 5.75 Å². The quantitative estimate of drug-likeness (QED) is 0.779. The van der Waals surface area contributed by atoms with E-state index in [1.165, 1.54) is 24.8 Å². The number of methoxy groups -OCH3 is 1. The molecule has 2 bridgehead atoms. The normalized spacial score (nSPS) is 35.4. The van der Waals surface area contributed by atoms with E-state index in [4.69, 9.17) is 4.74 Å². The first-order chi connectivity index (χ1) is 9.33. The molecule has 100 valence electrons. The fourth-order valence-corrected chi connectivity index (χ4v) is 4.56. The highest BCUT2D eigenvalue weighted by Gasteiger charge is 2.50. The molecule has 0 radical (unpaired) electrons. The number of rotatable bonds is 1. The van der Waals surface area contributed by atoms with Crippen molar-refractivity contribution in [1.82, 2.24) is 5.32 Å². The summed E-state index contributed by atoms with van der Waals surface area (Å²) in [6.07, 6.45) is 9.80. The SMILES string of the molecule is COc1ccc2c(c1)[C@@]13CCC=C[C@H]1[C@H](C2)NCC3. The molecule has 1 saturated heterocycles. The van der Waals surface area contributed by atoms with Gasteiger partial charge in [0.15, 0.2) is 0 Å². The highest BCUT2D eigenvalue weighted by molar-refractivity contribution is 5.46. The fourth-order valence-electron chi connectivity index (χ4n) is 4.56. The Morgan fingerprint density at radius 1 is 1.32 bits per heavy atom. The Labute approximate surface area is 114 Å². The Morgan fingerprint density at radius 3 is 3.16 bits per heavy atom. The predicted octanol–water partition coefficient (Wildman–Crippen LogP) is 2.82. The lowest BCUT2D eigenvalue weighted by molar-refractivity contribution is 0.146. The largest absolute Gasteiger partial charge is 0.497 e. The second-order valence-corrected chi connectivity index (χ2v) is 6.19. The van der Waals surface area contributed by atoms with E-state index in [0.717, 1.165) is 18.7 Å². The molecule has 1 N–H and O–H groups in total. The molecule has 0 unspecified atom stereocenters. The highest BCUT2D eigenvalue weighted by Crippen LogP contribution is 2.52. The Kier molecular flexibility index (Phi) is 2.49. The van der Waals surface area contributed by atoms with Gasteiger partial charge in [-0.1, -0.05) is 18.2 Å².